The van der Waals surface area contributed by atoms with Gasteiger partial charge in [-0.25, -0.2) is 18.4 Å². The third-order valence-electron chi connectivity index (χ3n) is 5.69. The number of nitrogens with two attached hydrogens (primary N) is 1. The molecule has 4 rings (SSSR count). The molecule has 0 saturated carbocycles. The maximum atomic E-state index is 12.7. The number of halogens is 1. The second-order valence-corrected chi connectivity index (χ2v) is 9.77. The average molecular weight is 497 g/mol. The Labute approximate surface area is 200 Å². The molecule has 0 atom stereocenters. The number of hydrogen-bond acceptors (Lipinski definition) is 8. The third-order valence-corrected chi connectivity index (χ3v) is 7.60. The van der Waals surface area contributed by atoms with E-state index in [1.807, 2.05) is 0 Å². The zero-order valence-electron chi connectivity index (χ0n) is 18.3. The van der Waals surface area contributed by atoms with Crippen molar-refractivity contribution in [2.45, 2.75) is 17.7 Å². The van der Waals surface area contributed by atoms with Gasteiger partial charge in [-0.3, -0.25) is 9.69 Å². The van der Waals surface area contributed by atoms with E-state index in [1.165, 1.54) is 10.5 Å². The Kier molecular flexibility index (Phi) is 8.60. The summed E-state index contributed by atoms with van der Waals surface area (Å²) in [7, 11) is -3.48. The van der Waals surface area contributed by atoms with Crippen molar-refractivity contribution in [1.29, 1.82) is 0 Å². The van der Waals surface area contributed by atoms with Gasteiger partial charge in [0.2, 0.25) is 10.0 Å². The largest absolute Gasteiger partial charge is 0.382 e. The number of hydrogen-bond donors (Lipinski definition) is 2. The van der Waals surface area contributed by atoms with Crippen LogP contribution in [0.5, 0.6) is 0 Å². The highest BCUT2D eigenvalue weighted by molar-refractivity contribution is 7.89. The third kappa shape index (κ3) is 5.98. The van der Waals surface area contributed by atoms with Crippen molar-refractivity contribution < 1.29 is 17.9 Å². The molecule has 2 aromatic rings. The van der Waals surface area contributed by atoms with Gasteiger partial charge in [0.1, 0.15) is 0 Å². The second kappa shape index (κ2) is 11.2. The van der Waals surface area contributed by atoms with Crippen LogP contribution in [0.2, 0.25) is 0 Å². The molecule has 2 saturated heterocycles. The number of nitrogens with zero attached hydrogens (tertiary/aromatic N) is 4. The Morgan fingerprint density at radius 1 is 1.09 bits per heavy atom. The van der Waals surface area contributed by atoms with Crippen LogP contribution in [0.4, 0.5) is 5.82 Å². The summed E-state index contributed by atoms with van der Waals surface area (Å²) in [4.78, 5) is 23.6. The Hall–Kier alpha value is -2.31. The van der Waals surface area contributed by atoms with Crippen LogP contribution < -0.4 is 11.1 Å². The molecule has 33 heavy (non-hydrogen) atoms. The number of benzene rings is 1. The van der Waals surface area contributed by atoms with Crippen LogP contribution in [0.3, 0.4) is 0 Å². The standard InChI is InChI=1S/C21H28N6O4S.ClH/c22-20-19(21(28)23-7-10-26-11-13-31-14-12-26)25-18(15-24-20)16-3-5-17(6-4-16)32(29,30)27-8-1-2-9-27;/h3-6,15H,1-2,7-14H2,(H2,22,24)(H,23,28);1H. The minimum Gasteiger partial charge on any atom is -0.382 e. The number of rotatable bonds is 7. The summed E-state index contributed by atoms with van der Waals surface area (Å²) in [5, 5.41) is 2.84. The lowest BCUT2D eigenvalue weighted by Gasteiger charge is -2.26. The summed E-state index contributed by atoms with van der Waals surface area (Å²) in [6.07, 6.45) is 3.25. The molecule has 3 heterocycles. The fourth-order valence-electron chi connectivity index (χ4n) is 3.82. The average Bonchev–Trinajstić information content (AvgIpc) is 3.36. The molecule has 10 nitrogen and oxygen atoms in total. The highest BCUT2D eigenvalue weighted by atomic mass is 35.5. The van der Waals surface area contributed by atoms with Crippen molar-refractivity contribution in [3.63, 3.8) is 0 Å². The van der Waals surface area contributed by atoms with Crippen molar-refractivity contribution in [2.24, 2.45) is 0 Å². The molecule has 2 fully saturated rings. The predicted molar refractivity (Wildman–Crippen MR) is 127 cm³/mol. The van der Waals surface area contributed by atoms with Gasteiger partial charge in [-0.2, -0.15) is 4.31 Å². The van der Waals surface area contributed by atoms with Crippen LogP contribution >= 0.6 is 12.4 Å². The lowest BCUT2D eigenvalue weighted by Crippen LogP contribution is -2.41. The Balaban J connectivity index is 0.00000306. The maximum absolute atomic E-state index is 12.7. The first-order valence-electron chi connectivity index (χ1n) is 10.8. The summed E-state index contributed by atoms with van der Waals surface area (Å²) in [6.45, 7) is 5.38. The topological polar surface area (TPSA) is 131 Å². The molecule has 0 unspecified atom stereocenters. The second-order valence-electron chi connectivity index (χ2n) is 7.83. The van der Waals surface area contributed by atoms with E-state index in [2.05, 4.69) is 20.2 Å². The van der Waals surface area contributed by atoms with Gasteiger partial charge in [0.25, 0.3) is 5.91 Å². The quantitative estimate of drug-likeness (QED) is 0.580. The molecule has 3 N–H and O–H groups in total. The van der Waals surface area contributed by atoms with E-state index in [0.29, 0.717) is 44.1 Å². The number of sulfonamides is 1. The van der Waals surface area contributed by atoms with Gasteiger partial charge >= 0.3 is 0 Å². The van der Waals surface area contributed by atoms with Gasteiger partial charge < -0.3 is 15.8 Å². The van der Waals surface area contributed by atoms with E-state index in [1.54, 1.807) is 24.3 Å². The SMILES string of the molecule is Cl.Nc1ncc(-c2ccc(S(=O)(=O)N3CCCC3)cc2)nc1C(=O)NCCN1CCOCC1. The van der Waals surface area contributed by atoms with E-state index < -0.39 is 15.9 Å². The van der Waals surface area contributed by atoms with Crippen molar-refractivity contribution in [1.82, 2.24) is 24.5 Å². The smallest absolute Gasteiger partial charge is 0.273 e. The maximum Gasteiger partial charge on any atom is 0.273 e. The molecular weight excluding hydrogens is 468 g/mol. The van der Waals surface area contributed by atoms with Crippen LogP contribution in [0, 0.1) is 0 Å². The lowest BCUT2D eigenvalue weighted by atomic mass is 10.1. The first-order chi connectivity index (χ1) is 15.4. The zero-order chi connectivity index (χ0) is 22.6. The van der Waals surface area contributed by atoms with E-state index in [9.17, 15) is 13.2 Å². The van der Waals surface area contributed by atoms with Gasteiger partial charge in [-0.05, 0) is 25.0 Å². The normalized spacial score (nSPS) is 17.5. The molecule has 0 bridgehead atoms. The number of ether oxygens (including phenoxy) is 1. The van der Waals surface area contributed by atoms with Gasteiger partial charge in [-0.15, -0.1) is 12.4 Å². The fourth-order valence-corrected chi connectivity index (χ4v) is 5.33. The van der Waals surface area contributed by atoms with Gasteiger partial charge in [0.15, 0.2) is 11.5 Å². The highest BCUT2D eigenvalue weighted by Gasteiger charge is 2.27. The summed E-state index contributed by atoms with van der Waals surface area (Å²) in [6, 6.07) is 6.46. The van der Waals surface area contributed by atoms with Crippen molar-refractivity contribution in [2.75, 3.05) is 58.2 Å². The minimum atomic E-state index is -3.48. The molecule has 1 amide bonds. The molecule has 1 aromatic carbocycles. The first kappa shape index (κ1) is 25.3. The molecule has 0 spiro atoms. The van der Waals surface area contributed by atoms with Gasteiger partial charge in [-0.1, -0.05) is 12.1 Å². The summed E-state index contributed by atoms with van der Waals surface area (Å²) < 4.78 is 32.2. The summed E-state index contributed by atoms with van der Waals surface area (Å²) >= 11 is 0. The highest BCUT2D eigenvalue weighted by Crippen LogP contribution is 2.24. The van der Waals surface area contributed by atoms with Crippen LogP contribution in [-0.4, -0.2) is 86.0 Å². The van der Waals surface area contributed by atoms with E-state index >= 15 is 0 Å². The molecule has 12 heteroatoms. The fraction of sp³-hybridized carbons (Fsp3) is 0.476. The van der Waals surface area contributed by atoms with Crippen LogP contribution in [0.15, 0.2) is 35.4 Å². The van der Waals surface area contributed by atoms with Gasteiger partial charge in [0, 0.05) is 44.8 Å². The molecule has 2 aliphatic rings. The Morgan fingerprint density at radius 3 is 2.42 bits per heavy atom. The monoisotopic (exact) mass is 496 g/mol. The Morgan fingerprint density at radius 2 is 1.76 bits per heavy atom. The molecular formula is C21H29ClN6O4S. The number of nitrogens with one attached hydrogen (secondary N) is 1. The van der Waals surface area contributed by atoms with E-state index in [-0.39, 0.29) is 28.8 Å². The predicted octanol–water partition coefficient (Wildman–Crippen LogP) is 0.994. The molecule has 1 aromatic heterocycles. The summed E-state index contributed by atoms with van der Waals surface area (Å²) in [5.74, 6) is -0.343. The Bertz CT molecular complexity index is 1050. The number of aromatic nitrogens is 2. The molecule has 0 radical (unpaired) electrons. The minimum absolute atomic E-state index is 0. The number of carbonyl (C=O) groups excluding carboxylic acids is 1. The first-order valence-corrected chi connectivity index (χ1v) is 12.2. The van der Waals surface area contributed by atoms with Gasteiger partial charge in [0.05, 0.1) is 30.0 Å². The number of nitrogen functional groups attached to an aromatic ring is 1. The number of anilines is 1. The molecule has 0 aliphatic carbocycles. The number of amides is 1. The molecule has 180 valence electrons. The van der Waals surface area contributed by atoms with Crippen LogP contribution in [0.25, 0.3) is 11.3 Å². The lowest BCUT2D eigenvalue weighted by molar-refractivity contribution is 0.0383. The molecule has 2 aliphatic heterocycles. The van der Waals surface area contributed by atoms with Crippen molar-refractivity contribution in [3.8, 4) is 11.3 Å². The van der Waals surface area contributed by atoms with Crippen molar-refractivity contribution in [3.05, 3.63) is 36.2 Å². The summed E-state index contributed by atoms with van der Waals surface area (Å²) in [5.41, 5.74) is 7.04. The van der Waals surface area contributed by atoms with Crippen LogP contribution in [-0.2, 0) is 14.8 Å². The number of morpholine rings is 1. The van der Waals surface area contributed by atoms with E-state index in [4.69, 9.17) is 10.5 Å². The van der Waals surface area contributed by atoms with Crippen molar-refractivity contribution >= 4 is 34.2 Å². The van der Waals surface area contributed by atoms with Crippen LogP contribution in [0.1, 0.15) is 23.3 Å². The number of carbonyl (C=O) groups is 1. The van der Waals surface area contributed by atoms with E-state index in [0.717, 1.165) is 32.5 Å². The zero-order valence-corrected chi connectivity index (χ0v) is 19.9.